The van der Waals surface area contributed by atoms with Crippen molar-refractivity contribution in [2.45, 2.75) is 0 Å². The Morgan fingerprint density at radius 2 is 1.92 bits per heavy atom. The Morgan fingerprint density at radius 3 is 2.31 bits per heavy atom. The summed E-state index contributed by atoms with van der Waals surface area (Å²) in [7, 11) is 2.98. The van der Waals surface area contributed by atoms with E-state index in [2.05, 4.69) is 5.32 Å². The number of hydrogen-bond donors (Lipinski definition) is 2. The normalized spacial score (nSPS) is 9.77. The number of aliphatic hydroxyl groups excluding tert-OH is 1. The van der Waals surface area contributed by atoms with Gasteiger partial charge in [0.2, 0.25) is 0 Å². The molecule has 2 N–H and O–H groups in total. The predicted octanol–water partition coefficient (Wildman–Crippen LogP) is -0.802. The Labute approximate surface area is 77.4 Å². The number of hydrogen-bond acceptors (Lipinski definition) is 4. The zero-order valence-corrected chi connectivity index (χ0v) is 7.95. The van der Waals surface area contributed by atoms with E-state index in [1.54, 1.807) is 0 Å². The monoisotopic (exact) mass is 192 g/mol. The summed E-state index contributed by atoms with van der Waals surface area (Å²) >= 11 is 0. The average Bonchev–Trinajstić information content (AvgIpc) is 2.14. The fourth-order valence-electron chi connectivity index (χ4n) is 0.741. The minimum absolute atomic E-state index is 0.0838. The highest BCUT2D eigenvalue weighted by Gasteiger charge is 2.10. The molecule has 2 amide bonds. The fourth-order valence-corrected chi connectivity index (χ4v) is 0.741. The van der Waals surface area contributed by atoms with Gasteiger partial charge < -0.3 is 19.9 Å². The van der Waals surface area contributed by atoms with Crippen molar-refractivity contribution in [2.75, 3.05) is 40.8 Å². The molecule has 0 bridgehead atoms. The van der Waals surface area contributed by atoms with Crippen molar-refractivity contribution in [3.05, 3.63) is 0 Å². The van der Waals surface area contributed by atoms with E-state index in [9.17, 15) is 4.79 Å². The van der Waals surface area contributed by atoms with Crippen LogP contribution in [0.5, 0.6) is 0 Å². The van der Waals surface area contributed by atoms with Gasteiger partial charge in [-0.2, -0.15) is 0 Å². The van der Waals surface area contributed by atoms with Crippen molar-refractivity contribution in [3.63, 3.8) is 0 Å². The highest BCUT2D eigenvalue weighted by Crippen LogP contribution is 1.89. The van der Waals surface area contributed by atoms with Crippen molar-refractivity contribution in [3.8, 4) is 0 Å². The molecular formula is C7H16N2O4. The molecule has 0 heterocycles. The molecule has 0 saturated carbocycles. The van der Waals surface area contributed by atoms with E-state index in [4.69, 9.17) is 14.6 Å². The molecule has 0 aliphatic carbocycles. The summed E-state index contributed by atoms with van der Waals surface area (Å²) in [6.07, 6.45) is 0. The highest BCUT2D eigenvalue weighted by atomic mass is 16.5. The summed E-state index contributed by atoms with van der Waals surface area (Å²) in [5.74, 6) is 0. The van der Waals surface area contributed by atoms with Crippen LogP contribution in [0.4, 0.5) is 4.79 Å². The number of urea groups is 1. The number of aliphatic hydroxyl groups is 1. The molecule has 6 heteroatoms. The third kappa shape index (κ3) is 5.40. The summed E-state index contributed by atoms with van der Waals surface area (Å²) in [6, 6.07) is -0.322. The quantitative estimate of drug-likeness (QED) is 0.540. The van der Waals surface area contributed by atoms with Gasteiger partial charge in [0, 0.05) is 20.8 Å². The number of ether oxygens (including phenoxy) is 2. The molecule has 78 valence electrons. The Bertz CT molecular complexity index is 136. The lowest BCUT2D eigenvalue weighted by atomic mass is 10.6. The second kappa shape index (κ2) is 7.78. The molecule has 0 aromatic carbocycles. The maximum absolute atomic E-state index is 11.2. The van der Waals surface area contributed by atoms with Gasteiger partial charge >= 0.3 is 6.03 Å². The Hall–Kier alpha value is -0.850. The molecule has 0 radical (unpaired) electrons. The highest BCUT2D eigenvalue weighted by molar-refractivity contribution is 5.73. The van der Waals surface area contributed by atoms with Gasteiger partial charge in [-0.05, 0) is 0 Å². The number of nitrogens with one attached hydrogen (secondary N) is 1. The van der Waals surface area contributed by atoms with Crippen LogP contribution in [0.1, 0.15) is 0 Å². The third-order valence-corrected chi connectivity index (χ3v) is 1.25. The summed E-state index contributed by atoms with van der Waals surface area (Å²) in [6.45, 7) is 0.457. The molecule has 0 aliphatic rings. The summed E-state index contributed by atoms with van der Waals surface area (Å²) < 4.78 is 9.56. The molecule has 0 aromatic heterocycles. The van der Waals surface area contributed by atoms with E-state index >= 15 is 0 Å². The van der Waals surface area contributed by atoms with Gasteiger partial charge in [0.1, 0.15) is 13.5 Å². The maximum Gasteiger partial charge on any atom is 0.321 e. The molecule has 0 spiro atoms. The summed E-state index contributed by atoms with van der Waals surface area (Å²) in [4.78, 5) is 12.6. The van der Waals surface area contributed by atoms with Crippen molar-refractivity contribution in [1.82, 2.24) is 10.2 Å². The number of carbonyl (C=O) groups is 1. The minimum Gasteiger partial charge on any atom is -0.395 e. The van der Waals surface area contributed by atoms with Crippen LogP contribution in [0.3, 0.4) is 0 Å². The van der Waals surface area contributed by atoms with Gasteiger partial charge in [0.05, 0.1) is 6.61 Å². The lowest BCUT2D eigenvalue weighted by Gasteiger charge is -2.20. The van der Waals surface area contributed by atoms with Crippen molar-refractivity contribution < 1.29 is 19.4 Å². The number of carbonyl (C=O) groups excluding carboxylic acids is 1. The van der Waals surface area contributed by atoms with E-state index in [1.807, 2.05) is 0 Å². The molecule has 6 nitrogen and oxygen atoms in total. The van der Waals surface area contributed by atoms with E-state index < -0.39 is 0 Å². The second-order valence-corrected chi connectivity index (χ2v) is 2.33. The lowest BCUT2D eigenvalue weighted by molar-refractivity contribution is 0.0124. The fraction of sp³-hybridized carbons (Fsp3) is 0.857. The van der Waals surface area contributed by atoms with E-state index in [0.717, 1.165) is 0 Å². The molecule has 0 saturated heterocycles. The van der Waals surface area contributed by atoms with Crippen molar-refractivity contribution in [1.29, 1.82) is 0 Å². The van der Waals surface area contributed by atoms with Gasteiger partial charge in [-0.25, -0.2) is 4.79 Å². The van der Waals surface area contributed by atoms with E-state index in [0.29, 0.717) is 0 Å². The Kier molecular flexibility index (Phi) is 7.27. The number of methoxy groups -OCH3 is 2. The second-order valence-electron chi connectivity index (χ2n) is 2.33. The zero-order valence-electron chi connectivity index (χ0n) is 7.95. The molecular weight excluding hydrogens is 176 g/mol. The van der Waals surface area contributed by atoms with E-state index in [1.165, 1.54) is 19.1 Å². The average molecular weight is 192 g/mol. The third-order valence-electron chi connectivity index (χ3n) is 1.25. The minimum atomic E-state index is -0.322. The molecule has 0 aromatic rings. The molecule has 0 fully saturated rings. The molecule has 13 heavy (non-hydrogen) atoms. The van der Waals surface area contributed by atoms with E-state index in [-0.39, 0.29) is 32.6 Å². The molecule has 0 rings (SSSR count). The van der Waals surface area contributed by atoms with Crippen LogP contribution >= 0.6 is 0 Å². The van der Waals surface area contributed by atoms with Crippen molar-refractivity contribution in [2.24, 2.45) is 0 Å². The van der Waals surface area contributed by atoms with Crippen LogP contribution in [-0.4, -0.2) is 56.9 Å². The Balaban J connectivity index is 3.80. The maximum atomic E-state index is 11.2. The standard InChI is InChI=1S/C7H16N2O4/c1-12-5-9(6-13-2)7(11)8-3-4-10/h10H,3-6H2,1-2H3,(H,8,11). The summed E-state index contributed by atoms with van der Waals surface area (Å²) in [5, 5.41) is 10.9. The first-order valence-electron chi connectivity index (χ1n) is 3.87. The number of amides is 2. The van der Waals surface area contributed by atoms with Gasteiger partial charge in [0.25, 0.3) is 0 Å². The summed E-state index contributed by atoms with van der Waals surface area (Å²) in [5.41, 5.74) is 0. The molecule has 0 aliphatic heterocycles. The van der Waals surface area contributed by atoms with Crippen LogP contribution in [0.25, 0.3) is 0 Å². The number of rotatable bonds is 6. The first-order valence-corrected chi connectivity index (χ1v) is 3.87. The van der Waals surface area contributed by atoms with Gasteiger partial charge in [0.15, 0.2) is 0 Å². The Morgan fingerprint density at radius 1 is 1.38 bits per heavy atom. The topological polar surface area (TPSA) is 71.0 Å². The lowest BCUT2D eigenvalue weighted by Crippen LogP contribution is -2.42. The smallest absolute Gasteiger partial charge is 0.321 e. The number of nitrogens with zero attached hydrogens (tertiary/aromatic N) is 1. The van der Waals surface area contributed by atoms with Gasteiger partial charge in [-0.1, -0.05) is 0 Å². The zero-order chi connectivity index (χ0) is 10.1. The molecule has 0 atom stereocenters. The van der Waals surface area contributed by atoms with Gasteiger partial charge in [-0.3, -0.25) is 4.90 Å². The van der Waals surface area contributed by atoms with Crippen LogP contribution in [0.15, 0.2) is 0 Å². The SMILES string of the molecule is COCN(COC)C(=O)NCCO. The van der Waals surface area contributed by atoms with Crippen LogP contribution in [0, 0.1) is 0 Å². The van der Waals surface area contributed by atoms with Crippen molar-refractivity contribution >= 4 is 6.03 Å². The van der Waals surface area contributed by atoms with Crippen LogP contribution in [0.2, 0.25) is 0 Å². The first kappa shape index (κ1) is 12.2. The van der Waals surface area contributed by atoms with Crippen LogP contribution in [-0.2, 0) is 9.47 Å². The van der Waals surface area contributed by atoms with Gasteiger partial charge in [-0.15, -0.1) is 0 Å². The van der Waals surface area contributed by atoms with Crippen LogP contribution < -0.4 is 5.32 Å². The molecule has 0 unspecified atom stereocenters. The first-order chi connectivity index (χ1) is 6.26. The predicted molar refractivity (Wildman–Crippen MR) is 46.1 cm³/mol. The largest absolute Gasteiger partial charge is 0.395 e.